The molecule has 0 spiro atoms. The third-order valence-electron chi connectivity index (χ3n) is 2.10. The summed E-state index contributed by atoms with van der Waals surface area (Å²) >= 11 is 1.78. The van der Waals surface area contributed by atoms with Gasteiger partial charge in [0.25, 0.3) is 0 Å². The lowest BCUT2D eigenvalue weighted by Crippen LogP contribution is -2.26. The van der Waals surface area contributed by atoms with E-state index >= 15 is 0 Å². The number of rotatable bonds is 2. The summed E-state index contributed by atoms with van der Waals surface area (Å²) in [6.07, 6.45) is 1.68. The van der Waals surface area contributed by atoms with Crippen LogP contribution in [0.25, 0.3) is 0 Å². The highest BCUT2D eigenvalue weighted by Gasteiger charge is 2.11. The Morgan fingerprint density at radius 2 is 2.53 bits per heavy atom. The van der Waals surface area contributed by atoms with Crippen molar-refractivity contribution in [2.75, 3.05) is 12.3 Å². The minimum absolute atomic E-state index is 0.692. The molecule has 0 aliphatic carbocycles. The van der Waals surface area contributed by atoms with Crippen molar-refractivity contribution in [3.8, 4) is 0 Å². The molecule has 0 fully saturated rings. The highest BCUT2D eigenvalue weighted by atomic mass is 32.2. The number of amidine groups is 1. The van der Waals surface area contributed by atoms with Crippen LogP contribution in [0.15, 0.2) is 23.3 Å². The first-order chi connectivity index (χ1) is 7.34. The summed E-state index contributed by atoms with van der Waals surface area (Å²) in [4.78, 5) is 4.45. The van der Waals surface area contributed by atoms with E-state index in [2.05, 4.69) is 27.4 Å². The SMILES string of the molecule is CC1CN=C(NCc2cccnn2)SC1. The van der Waals surface area contributed by atoms with E-state index in [9.17, 15) is 0 Å². The molecule has 0 aromatic carbocycles. The van der Waals surface area contributed by atoms with Gasteiger partial charge in [-0.15, -0.1) is 0 Å². The standard InChI is InChI=1S/C10H14N4S/c1-8-5-11-10(15-7-8)12-6-9-3-2-4-13-14-9/h2-4,8H,5-7H2,1H3,(H,11,12). The predicted molar refractivity (Wildman–Crippen MR) is 62.8 cm³/mol. The van der Waals surface area contributed by atoms with Crippen molar-refractivity contribution in [1.82, 2.24) is 15.5 Å². The lowest BCUT2D eigenvalue weighted by atomic mass is 10.2. The number of nitrogens with one attached hydrogen (secondary N) is 1. The van der Waals surface area contributed by atoms with Crippen LogP contribution in [0.1, 0.15) is 12.6 Å². The largest absolute Gasteiger partial charge is 0.359 e. The van der Waals surface area contributed by atoms with Gasteiger partial charge in [-0.25, -0.2) is 0 Å². The van der Waals surface area contributed by atoms with Crippen LogP contribution in [0.3, 0.4) is 0 Å². The molecule has 15 heavy (non-hydrogen) atoms. The third-order valence-corrected chi connectivity index (χ3v) is 3.38. The number of aliphatic imine (C=N–C) groups is 1. The van der Waals surface area contributed by atoms with Crippen LogP contribution >= 0.6 is 11.8 Å². The molecular formula is C10H14N4S. The fraction of sp³-hybridized carbons (Fsp3) is 0.500. The molecule has 0 saturated heterocycles. The number of nitrogens with zero attached hydrogens (tertiary/aromatic N) is 3. The summed E-state index contributed by atoms with van der Waals surface area (Å²) in [7, 11) is 0. The maximum atomic E-state index is 4.45. The molecule has 1 atom stereocenters. The molecule has 5 heteroatoms. The van der Waals surface area contributed by atoms with Gasteiger partial charge in [0.15, 0.2) is 5.17 Å². The number of hydrogen-bond donors (Lipinski definition) is 1. The normalized spacial score (nSPS) is 20.9. The Bertz CT molecular complexity index is 339. The minimum atomic E-state index is 0.692. The second-order valence-electron chi connectivity index (χ2n) is 3.63. The van der Waals surface area contributed by atoms with Crippen LogP contribution in [0.2, 0.25) is 0 Å². The Morgan fingerprint density at radius 3 is 3.20 bits per heavy atom. The zero-order chi connectivity index (χ0) is 10.5. The molecule has 4 nitrogen and oxygen atoms in total. The lowest BCUT2D eigenvalue weighted by Gasteiger charge is -2.17. The van der Waals surface area contributed by atoms with E-state index in [-0.39, 0.29) is 0 Å². The quantitative estimate of drug-likeness (QED) is 0.819. The van der Waals surface area contributed by atoms with Crippen LogP contribution in [0.5, 0.6) is 0 Å². The van der Waals surface area contributed by atoms with Gasteiger partial charge in [-0.1, -0.05) is 18.7 Å². The molecule has 1 aromatic rings. The zero-order valence-corrected chi connectivity index (χ0v) is 9.50. The summed E-state index contributed by atoms with van der Waals surface area (Å²) in [5.41, 5.74) is 0.944. The second kappa shape index (κ2) is 5.11. The fourth-order valence-electron chi connectivity index (χ4n) is 1.26. The first kappa shape index (κ1) is 10.4. The van der Waals surface area contributed by atoms with Crippen molar-refractivity contribution in [2.24, 2.45) is 10.9 Å². The van der Waals surface area contributed by atoms with Gasteiger partial charge in [-0.05, 0) is 18.1 Å². The molecule has 1 N–H and O–H groups in total. The average molecular weight is 222 g/mol. The Balaban J connectivity index is 1.84. The van der Waals surface area contributed by atoms with E-state index in [1.165, 1.54) is 0 Å². The molecule has 1 unspecified atom stereocenters. The van der Waals surface area contributed by atoms with Gasteiger partial charge >= 0.3 is 0 Å². The third kappa shape index (κ3) is 3.20. The van der Waals surface area contributed by atoms with Gasteiger partial charge in [-0.3, -0.25) is 4.99 Å². The first-order valence-electron chi connectivity index (χ1n) is 5.02. The van der Waals surface area contributed by atoms with Crippen molar-refractivity contribution in [3.05, 3.63) is 24.0 Å². The van der Waals surface area contributed by atoms with Crippen LogP contribution in [-0.4, -0.2) is 27.7 Å². The molecule has 2 heterocycles. The smallest absolute Gasteiger partial charge is 0.156 e. The van der Waals surface area contributed by atoms with Crippen molar-refractivity contribution in [2.45, 2.75) is 13.5 Å². The zero-order valence-electron chi connectivity index (χ0n) is 8.68. The molecule has 80 valence electrons. The number of hydrogen-bond acceptors (Lipinski definition) is 5. The van der Waals surface area contributed by atoms with Crippen LogP contribution in [-0.2, 0) is 6.54 Å². The van der Waals surface area contributed by atoms with E-state index in [1.807, 2.05) is 12.1 Å². The van der Waals surface area contributed by atoms with Gasteiger partial charge in [-0.2, -0.15) is 10.2 Å². The highest BCUT2D eigenvalue weighted by Crippen LogP contribution is 2.15. The number of aromatic nitrogens is 2. The highest BCUT2D eigenvalue weighted by molar-refractivity contribution is 8.13. The first-order valence-corrected chi connectivity index (χ1v) is 6.01. The van der Waals surface area contributed by atoms with Gasteiger partial charge in [0.05, 0.1) is 12.2 Å². The molecule has 1 aliphatic rings. The maximum Gasteiger partial charge on any atom is 0.156 e. The van der Waals surface area contributed by atoms with Crippen LogP contribution < -0.4 is 5.32 Å². The van der Waals surface area contributed by atoms with Crippen molar-refractivity contribution in [1.29, 1.82) is 0 Å². The van der Waals surface area contributed by atoms with E-state index in [0.717, 1.165) is 23.2 Å². The van der Waals surface area contributed by atoms with Crippen molar-refractivity contribution >= 4 is 16.9 Å². The summed E-state index contributed by atoms with van der Waals surface area (Å²) in [6, 6.07) is 3.85. The van der Waals surface area contributed by atoms with Gasteiger partial charge in [0, 0.05) is 18.5 Å². The van der Waals surface area contributed by atoms with Crippen LogP contribution in [0, 0.1) is 5.92 Å². The molecule has 0 radical (unpaired) electrons. The van der Waals surface area contributed by atoms with Crippen molar-refractivity contribution < 1.29 is 0 Å². The fourth-order valence-corrected chi connectivity index (χ4v) is 2.15. The molecule has 0 bridgehead atoms. The van der Waals surface area contributed by atoms with E-state index in [0.29, 0.717) is 12.5 Å². The van der Waals surface area contributed by atoms with Gasteiger partial charge < -0.3 is 5.32 Å². The molecular weight excluding hydrogens is 208 g/mol. The summed E-state index contributed by atoms with van der Waals surface area (Å²) in [5.74, 6) is 1.84. The minimum Gasteiger partial charge on any atom is -0.359 e. The Labute approximate surface area is 93.6 Å². The summed E-state index contributed by atoms with van der Waals surface area (Å²) in [5, 5.41) is 12.1. The second-order valence-corrected chi connectivity index (χ2v) is 4.64. The molecule has 0 saturated carbocycles. The van der Waals surface area contributed by atoms with Gasteiger partial charge in [0.2, 0.25) is 0 Å². The van der Waals surface area contributed by atoms with E-state index in [1.54, 1.807) is 18.0 Å². The van der Waals surface area contributed by atoms with E-state index in [4.69, 9.17) is 0 Å². The lowest BCUT2D eigenvalue weighted by molar-refractivity contribution is 0.668. The molecule has 1 aliphatic heterocycles. The summed E-state index contributed by atoms with van der Waals surface area (Å²) in [6.45, 7) is 3.85. The topological polar surface area (TPSA) is 50.2 Å². The average Bonchev–Trinajstić information content (AvgIpc) is 2.30. The molecule has 1 aromatic heterocycles. The summed E-state index contributed by atoms with van der Waals surface area (Å²) < 4.78 is 0. The molecule has 2 rings (SSSR count). The predicted octanol–water partition coefficient (Wildman–Crippen LogP) is 1.31. The monoisotopic (exact) mass is 222 g/mol. The van der Waals surface area contributed by atoms with E-state index < -0.39 is 0 Å². The van der Waals surface area contributed by atoms with Gasteiger partial charge in [0.1, 0.15) is 0 Å². The Hall–Kier alpha value is -1.10. The Morgan fingerprint density at radius 1 is 1.60 bits per heavy atom. The molecule has 0 amide bonds. The van der Waals surface area contributed by atoms with Crippen molar-refractivity contribution in [3.63, 3.8) is 0 Å². The maximum absolute atomic E-state index is 4.45. The van der Waals surface area contributed by atoms with Crippen LogP contribution in [0.4, 0.5) is 0 Å². The number of thioether (sulfide) groups is 1. The Kier molecular flexibility index (Phi) is 3.55.